The molecule has 1 aliphatic heterocycles. The molecular formula is C25H28INO7. The summed E-state index contributed by atoms with van der Waals surface area (Å²) in [4.78, 5) is 25.4. The molecule has 1 saturated heterocycles. The van der Waals surface area contributed by atoms with Gasteiger partial charge in [-0.05, 0) is 70.3 Å². The number of rotatable bonds is 6. The summed E-state index contributed by atoms with van der Waals surface area (Å²) < 4.78 is 29.1. The molecule has 1 heterocycles. The zero-order chi connectivity index (χ0) is 24.4. The molecule has 1 fully saturated rings. The van der Waals surface area contributed by atoms with E-state index in [1.807, 2.05) is 34.7 Å². The van der Waals surface area contributed by atoms with E-state index < -0.39 is 0 Å². The highest BCUT2D eigenvalue weighted by atomic mass is 127. The Morgan fingerprint density at radius 3 is 2.44 bits per heavy atom. The predicted octanol–water partition coefficient (Wildman–Crippen LogP) is 3.64. The van der Waals surface area contributed by atoms with Gasteiger partial charge in [0.15, 0.2) is 17.2 Å². The maximum absolute atomic E-state index is 13.3. The van der Waals surface area contributed by atoms with Crippen LogP contribution in [0.5, 0.6) is 23.0 Å². The minimum absolute atomic E-state index is 0.153. The lowest BCUT2D eigenvalue weighted by atomic mass is 9.95. The minimum Gasteiger partial charge on any atom is -0.493 e. The van der Waals surface area contributed by atoms with Crippen molar-refractivity contribution in [2.75, 3.05) is 34.5 Å². The van der Waals surface area contributed by atoms with Crippen LogP contribution in [0.4, 0.5) is 0 Å². The topological polar surface area (TPSA) is 92.3 Å². The third-order valence-corrected chi connectivity index (χ3v) is 6.93. The van der Waals surface area contributed by atoms with E-state index in [0.717, 1.165) is 28.7 Å². The summed E-state index contributed by atoms with van der Waals surface area (Å²) in [5, 5.41) is 3.05. The largest absolute Gasteiger partial charge is 0.493 e. The van der Waals surface area contributed by atoms with Gasteiger partial charge in [-0.15, -0.1) is 0 Å². The van der Waals surface area contributed by atoms with E-state index in [-0.39, 0.29) is 29.2 Å². The van der Waals surface area contributed by atoms with Crippen LogP contribution in [0.2, 0.25) is 0 Å². The minimum atomic E-state index is -0.327. The monoisotopic (exact) mass is 581 g/mol. The molecule has 0 aromatic heterocycles. The van der Waals surface area contributed by atoms with Crippen molar-refractivity contribution in [3.8, 4) is 34.1 Å². The first-order valence-corrected chi connectivity index (χ1v) is 12.2. The van der Waals surface area contributed by atoms with Gasteiger partial charge in [0.2, 0.25) is 17.1 Å². The maximum atomic E-state index is 13.3. The van der Waals surface area contributed by atoms with E-state index in [2.05, 4.69) is 5.32 Å². The molecule has 34 heavy (non-hydrogen) atoms. The van der Waals surface area contributed by atoms with Crippen LogP contribution in [0, 0.1) is 3.57 Å². The molecule has 0 saturated carbocycles. The molecule has 9 heteroatoms. The Morgan fingerprint density at radius 1 is 1.06 bits per heavy atom. The zero-order valence-corrected chi connectivity index (χ0v) is 21.8. The molecule has 0 spiro atoms. The van der Waals surface area contributed by atoms with E-state index in [1.165, 1.54) is 6.92 Å². The summed E-state index contributed by atoms with van der Waals surface area (Å²) in [6, 6.07) is 5.21. The van der Waals surface area contributed by atoms with E-state index in [9.17, 15) is 9.59 Å². The third kappa shape index (κ3) is 4.68. The highest BCUT2D eigenvalue weighted by Crippen LogP contribution is 2.50. The lowest BCUT2D eigenvalue weighted by Crippen LogP contribution is -2.26. The Balaban J connectivity index is 2.03. The lowest BCUT2D eigenvalue weighted by molar-refractivity contribution is -0.119. The number of aryl methyl sites for hydroxylation is 1. The normalized spacial score (nSPS) is 18.9. The Labute approximate surface area is 212 Å². The van der Waals surface area contributed by atoms with Gasteiger partial charge in [-0.3, -0.25) is 9.59 Å². The van der Waals surface area contributed by atoms with Crippen molar-refractivity contribution in [2.45, 2.75) is 38.3 Å². The summed E-state index contributed by atoms with van der Waals surface area (Å²) in [6.45, 7) is 2.54. The van der Waals surface area contributed by atoms with Crippen LogP contribution in [-0.4, -0.2) is 46.6 Å². The van der Waals surface area contributed by atoms with Gasteiger partial charge in [0.1, 0.15) is 6.10 Å². The molecule has 4 rings (SSSR count). The average Bonchev–Trinajstić information content (AvgIpc) is 3.25. The maximum Gasteiger partial charge on any atom is 0.233 e. The fraction of sp³-hybridized carbons (Fsp3) is 0.440. The van der Waals surface area contributed by atoms with Crippen LogP contribution in [0.25, 0.3) is 11.1 Å². The van der Waals surface area contributed by atoms with E-state index in [0.29, 0.717) is 46.9 Å². The number of fused-ring (bicyclic) bond motifs is 3. The first kappa shape index (κ1) is 24.6. The van der Waals surface area contributed by atoms with Crippen molar-refractivity contribution in [3.05, 3.63) is 43.1 Å². The second-order valence-electron chi connectivity index (χ2n) is 8.27. The molecule has 0 unspecified atom stereocenters. The van der Waals surface area contributed by atoms with Crippen LogP contribution in [0.3, 0.4) is 0 Å². The van der Waals surface area contributed by atoms with Crippen molar-refractivity contribution in [1.82, 2.24) is 5.32 Å². The Bertz CT molecular complexity index is 1160. The van der Waals surface area contributed by atoms with Crippen LogP contribution < -0.4 is 29.7 Å². The molecule has 2 aromatic carbocycles. The average molecular weight is 581 g/mol. The van der Waals surface area contributed by atoms with Gasteiger partial charge in [-0.25, -0.2) is 0 Å². The van der Waals surface area contributed by atoms with E-state index >= 15 is 0 Å². The molecule has 2 aromatic rings. The molecule has 0 bridgehead atoms. The number of amides is 1. The van der Waals surface area contributed by atoms with Crippen LogP contribution >= 0.6 is 22.6 Å². The molecule has 1 N–H and O–H groups in total. The molecule has 1 aliphatic carbocycles. The van der Waals surface area contributed by atoms with E-state index in [1.54, 1.807) is 27.4 Å². The quantitative estimate of drug-likeness (QED) is 0.521. The number of carbonyl (C=O) groups is 1. The smallest absolute Gasteiger partial charge is 0.233 e. The van der Waals surface area contributed by atoms with Crippen LogP contribution in [0.15, 0.2) is 23.0 Å². The lowest BCUT2D eigenvalue weighted by Gasteiger charge is -2.20. The van der Waals surface area contributed by atoms with Gasteiger partial charge in [0.05, 0.1) is 44.2 Å². The van der Waals surface area contributed by atoms with Crippen molar-refractivity contribution >= 4 is 28.5 Å². The summed E-state index contributed by atoms with van der Waals surface area (Å²) in [5.41, 5.74) is 3.15. The standard InChI is InChI=1S/C25H28INO7/c1-13(28)27-19-6-5-14-9-21(30-2)24(31-3)25(32-4)22(14)17-10-18(26)23(29)20(11-16(17)19)34-15-7-8-33-12-15/h9-11,15,19H,5-8,12H2,1-4H3,(H,27,28)/t15-,19+/m1/s1. The van der Waals surface area contributed by atoms with Gasteiger partial charge in [0.25, 0.3) is 0 Å². The Morgan fingerprint density at radius 2 is 1.82 bits per heavy atom. The first-order valence-electron chi connectivity index (χ1n) is 11.1. The number of nitrogens with one attached hydrogen (secondary N) is 1. The van der Waals surface area contributed by atoms with Crippen molar-refractivity contribution < 1.29 is 28.5 Å². The predicted molar refractivity (Wildman–Crippen MR) is 135 cm³/mol. The van der Waals surface area contributed by atoms with Crippen molar-refractivity contribution in [2.24, 2.45) is 0 Å². The number of hydrogen-bond donors (Lipinski definition) is 1. The van der Waals surface area contributed by atoms with Gasteiger partial charge in [0, 0.05) is 18.9 Å². The second kappa shape index (κ2) is 10.4. The molecule has 2 atom stereocenters. The van der Waals surface area contributed by atoms with Crippen LogP contribution in [0.1, 0.15) is 36.9 Å². The highest BCUT2D eigenvalue weighted by Gasteiger charge is 2.30. The Kier molecular flexibility index (Phi) is 7.51. The number of hydrogen-bond acceptors (Lipinski definition) is 7. The van der Waals surface area contributed by atoms with Crippen molar-refractivity contribution in [3.63, 3.8) is 0 Å². The summed E-state index contributed by atoms with van der Waals surface area (Å²) >= 11 is 2.04. The number of benzene rings is 1. The fourth-order valence-electron chi connectivity index (χ4n) is 4.61. The third-order valence-electron chi connectivity index (χ3n) is 6.13. The van der Waals surface area contributed by atoms with Gasteiger partial charge >= 0.3 is 0 Å². The number of carbonyl (C=O) groups excluding carboxylic acids is 1. The second-order valence-corrected chi connectivity index (χ2v) is 9.44. The molecular weight excluding hydrogens is 553 g/mol. The summed E-state index contributed by atoms with van der Waals surface area (Å²) in [5.74, 6) is 1.64. The summed E-state index contributed by atoms with van der Waals surface area (Å²) in [6.07, 6.45) is 1.82. The molecule has 0 radical (unpaired) electrons. The highest BCUT2D eigenvalue weighted by molar-refractivity contribution is 14.1. The SMILES string of the molecule is COc1cc2c(c(OC)c1OC)-c1cc(I)c(=O)c(O[C@@H]3CCOC3)cc1[C@@H](NC(C)=O)CC2. The summed E-state index contributed by atoms with van der Waals surface area (Å²) in [7, 11) is 4.72. The van der Waals surface area contributed by atoms with Gasteiger partial charge < -0.3 is 29.0 Å². The zero-order valence-electron chi connectivity index (χ0n) is 19.7. The molecule has 2 aliphatic rings. The van der Waals surface area contributed by atoms with Gasteiger partial charge in [-0.2, -0.15) is 0 Å². The Hall–Kier alpha value is -2.53. The number of methoxy groups -OCH3 is 3. The fourth-order valence-corrected chi connectivity index (χ4v) is 5.18. The van der Waals surface area contributed by atoms with Gasteiger partial charge in [-0.1, -0.05) is 0 Å². The molecule has 1 amide bonds. The molecule has 8 nitrogen and oxygen atoms in total. The number of ether oxygens (including phenoxy) is 5. The molecule has 182 valence electrons. The van der Waals surface area contributed by atoms with E-state index in [4.69, 9.17) is 23.7 Å². The number of halogens is 1. The first-order chi connectivity index (χ1) is 16.4. The van der Waals surface area contributed by atoms with Crippen LogP contribution in [-0.2, 0) is 16.0 Å². The van der Waals surface area contributed by atoms with Crippen molar-refractivity contribution in [1.29, 1.82) is 0 Å².